The smallest absolute Gasteiger partial charge is 0.335 e. The van der Waals surface area contributed by atoms with Gasteiger partial charge >= 0.3 is 5.97 Å². The first kappa shape index (κ1) is 17.1. The lowest BCUT2D eigenvalue weighted by molar-refractivity contribution is 0.0696. The Bertz CT molecular complexity index is 793. The summed E-state index contributed by atoms with van der Waals surface area (Å²) in [6, 6.07) is 11.5. The van der Waals surface area contributed by atoms with Crippen molar-refractivity contribution in [3.8, 4) is 0 Å². The normalized spacial score (nSPS) is 10.0. The summed E-state index contributed by atoms with van der Waals surface area (Å²) in [6.07, 6.45) is 0. The largest absolute Gasteiger partial charge is 0.478 e. The molecule has 23 heavy (non-hydrogen) atoms. The van der Waals surface area contributed by atoms with Crippen LogP contribution in [0.25, 0.3) is 0 Å². The van der Waals surface area contributed by atoms with Crippen LogP contribution in [0.1, 0.15) is 26.3 Å². The lowest BCUT2D eigenvalue weighted by Gasteiger charge is -2.12. The Labute approximate surface area is 146 Å². The van der Waals surface area contributed by atoms with Gasteiger partial charge in [0, 0.05) is 15.7 Å². The van der Waals surface area contributed by atoms with E-state index in [1.54, 1.807) is 31.2 Å². The average molecular weight is 393 g/mol. The predicted octanol–water partition coefficient (Wildman–Crippen LogP) is 3.58. The van der Waals surface area contributed by atoms with Gasteiger partial charge in [0.1, 0.15) is 0 Å². The van der Waals surface area contributed by atoms with E-state index in [9.17, 15) is 9.59 Å². The molecule has 1 amide bonds. The molecule has 0 aromatic heterocycles. The zero-order valence-corrected chi connectivity index (χ0v) is 14.5. The van der Waals surface area contributed by atoms with Crippen LogP contribution >= 0.6 is 28.1 Å². The third-order valence-electron chi connectivity index (χ3n) is 3.04. The standard InChI is InChI=1S/C16H13BrN2O3S/c1-9-7-11(15(21)22)5-6-13(9)18-16(23)19-14(20)10-3-2-4-12(17)8-10/h2-8H,1H3,(H,21,22)(H2,18,19,20,23). The van der Waals surface area contributed by atoms with Crippen molar-refractivity contribution in [3.05, 3.63) is 63.6 Å². The zero-order valence-electron chi connectivity index (χ0n) is 12.1. The highest BCUT2D eigenvalue weighted by Crippen LogP contribution is 2.17. The predicted molar refractivity (Wildman–Crippen MR) is 96.0 cm³/mol. The average Bonchev–Trinajstić information content (AvgIpc) is 2.49. The van der Waals surface area contributed by atoms with E-state index in [0.717, 1.165) is 4.47 Å². The van der Waals surface area contributed by atoms with Gasteiger partial charge in [-0.25, -0.2) is 4.79 Å². The summed E-state index contributed by atoms with van der Waals surface area (Å²) < 4.78 is 0.795. The molecule has 118 valence electrons. The van der Waals surface area contributed by atoms with Gasteiger partial charge in [-0.2, -0.15) is 0 Å². The number of rotatable bonds is 3. The summed E-state index contributed by atoms with van der Waals surface area (Å²) >= 11 is 8.42. The number of benzene rings is 2. The molecular weight excluding hydrogens is 380 g/mol. The van der Waals surface area contributed by atoms with E-state index in [2.05, 4.69) is 26.6 Å². The van der Waals surface area contributed by atoms with Crippen LogP contribution in [0.4, 0.5) is 5.69 Å². The highest BCUT2D eigenvalue weighted by molar-refractivity contribution is 9.10. The Balaban J connectivity index is 2.05. The summed E-state index contributed by atoms with van der Waals surface area (Å²) in [4.78, 5) is 23.0. The van der Waals surface area contributed by atoms with Crippen molar-refractivity contribution in [1.82, 2.24) is 5.32 Å². The Morgan fingerprint density at radius 2 is 1.87 bits per heavy atom. The summed E-state index contributed by atoms with van der Waals surface area (Å²) in [6.45, 7) is 1.76. The molecule has 7 heteroatoms. The van der Waals surface area contributed by atoms with Crippen molar-refractivity contribution in [1.29, 1.82) is 0 Å². The molecule has 0 radical (unpaired) electrons. The van der Waals surface area contributed by atoms with Crippen molar-refractivity contribution in [2.45, 2.75) is 6.92 Å². The number of anilines is 1. The fraction of sp³-hybridized carbons (Fsp3) is 0.0625. The number of hydrogen-bond donors (Lipinski definition) is 3. The van der Waals surface area contributed by atoms with E-state index in [1.807, 2.05) is 6.07 Å². The second kappa shape index (κ2) is 7.34. The minimum Gasteiger partial charge on any atom is -0.478 e. The molecule has 0 aliphatic heterocycles. The number of thiocarbonyl (C=S) groups is 1. The molecule has 2 rings (SSSR count). The van der Waals surface area contributed by atoms with Gasteiger partial charge in [0.15, 0.2) is 5.11 Å². The van der Waals surface area contributed by atoms with E-state index in [0.29, 0.717) is 16.8 Å². The molecule has 0 saturated heterocycles. The number of nitrogens with one attached hydrogen (secondary N) is 2. The van der Waals surface area contributed by atoms with Gasteiger partial charge in [-0.15, -0.1) is 0 Å². The highest BCUT2D eigenvalue weighted by atomic mass is 79.9. The Morgan fingerprint density at radius 3 is 2.48 bits per heavy atom. The molecule has 0 fully saturated rings. The highest BCUT2D eigenvalue weighted by Gasteiger charge is 2.10. The van der Waals surface area contributed by atoms with E-state index in [-0.39, 0.29) is 16.6 Å². The van der Waals surface area contributed by atoms with Gasteiger partial charge in [0.05, 0.1) is 5.56 Å². The quantitative estimate of drug-likeness (QED) is 0.695. The third-order valence-corrected chi connectivity index (χ3v) is 3.73. The van der Waals surface area contributed by atoms with Crippen molar-refractivity contribution in [3.63, 3.8) is 0 Å². The second-order valence-electron chi connectivity index (χ2n) is 4.75. The van der Waals surface area contributed by atoms with Crippen LogP contribution in [0, 0.1) is 6.92 Å². The summed E-state index contributed by atoms with van der Waals surface area (Å²) in [5.41, 5.74) is 2.01. The Kier molecular flexibility index (Phi) is 5.46. The minimum absolute atomic E-state index is 0.140. The van der Waals surface area contributed by atoms with Crippen molar-refractivity contribution in [2.24, 2.45) is 0 Å². The second-order valence-corrected chi connectivity index (χ2v) is 6.08. The molecule has 0 saturated carbocycles. The topological polar surface area (TPSA) is 78.4 Å². The molecule has 2 aromatic carbocycles. The maximum Gasteiger partial charge on any atom is 0.335 e. The first-order valence-corrected chi connectivity index (χ1v) is 7.79. The molecule has 2 aromatic rings. The molecule has 0 aliphatic carbocycles. The van der Waals surface area contributed by atoms with E-state index in [4.69, 9.17) is 17.3 Å². The van der Waals surface area contributed by atoms with E-state index in [1.165, 1.54) is 12.1 Å². The van der Waals surface area contributed by atoms with Gasteiger partial charge in [-0.1, -0.05) is 22.0 Å². The van der Waals surface area contributed by atoms with Crippen LogP contribution in [0.15, 0.2) is 46.9 Å². The summed E-state index contributed by atoms with van der Waals surface area (Å²) in [7, 11) is 0. The number of hydrogen-bond acceptors (Lipinski definition) is 3. The molecule has 0 atom stereocenters. The molecule has 5 nitrogen and oxygen atoms in total. The van der Waals surface area contributed by atoms with Crippen molar-refractivity contribution >= 4 is 50.8 Å². The molecule has 0 unspecified atom stereocenters. The van der Waals surface area contributed by atoms with Crippen LogP contribution in [0.3, 0.4) is 0 Å². The first-order chi connectivity index (χ1) is 10.9. The number of aryl methyl sites for hydroxylation is 1. The number of carboxylic acid groups (broad SMARTS) is 1. The number of carbonyl (C=O) groups excluding carboxylic acids is 1. The molecular formula is C16H13BrN2O3S. The van der Waals surface area contributed by atoms with Crippen LogP contribution in [0.5, 0.6) is 0 Å². The van der Waals surface area contributed by atoms with Crippen LogP contribution < -0.4 is 10.6 Å². The molecule has 0 heterocycles. The van der Waals surface area contributed by atoms with Crippen molar-refractivity contribution < 1.29 is 14.7 Å². The number of aromatic carboxylic acids is 1. The SMILES string of the molecule is Cc1cc(C(=O)O)ccc1NC(=S)NC(=O)c1cccc(Br)c1. The maximum absolute atomic E-state index is 12.1. The molecule has 0 aliphatic rings. The van der Waals surface area contributed by atoms with Gasteiger partial charge in [-0.3, -0.25) is 10.1 Å². The minimum atomic E-state index is -0.995. The van der Waals surface area contributed by atoms with Crippen LogP contribution in [0.2, 0.25) is 0 Å². The number of carboxylic acids is 1. The summed E-state index contributed by atoms with van der Waals surface area (Å²) in [5.74, 6) is -1.33. The van der Waals surface area contributed by atoms with Gasteiger partial charge in [-0.05, 0) is 61.1 Å². The van der Waals surface area contributed by atoms with Crippen molar-refractivity contribution in [2.75, 3.05) is 5.32 Å². The lowest BCUT2D eigenvalue weighted by Crippen LogP contribution is -2.34. The molecule has 3 N–H and O–H groups in total. The monoisotopic (exact) mass is 392 g/mol. The maximum atomic E-state index is 12.1. The number of amides is 1. The lowest BCUT2D eigenvalue weighted by atomic mass is 10.1. The number of carbonyl (C=O) groups is 2. The summed E-state index contributed by atoms with van der Waals surface area (Å²) in [5, 5.41) is 14.5. The van der Waals surface area contributed by atoms with Gasteiger partial charge in [0.2, 0.25) is 0 Å². The first-order valence-electron chi connectivity index (χ1n) is 6.58. The van der Waals surface area contributed by atoms with Crippen LogP contribution in [-0.2, 0) is 0 Å². The van der Waals surface area contributed by atoms with Gasteiger partial charge in [0.25, 0.3) is 5.91 Å². The fourth-order valence-electron chi connectivity index (χ4n) is 1.90. The Hall–Kier alpha value is -2.25. The Morgan fingerprint density at radius 1 is 1.13 bits per heavy atom. The zero-order chi connectivity index (χ0) is 17.0. The third kappa shape index (κ3) is 4.61. The molecule has 0 spiro atoms. The fourth-order valence-corrected chi connectivity index (χ4v) is 2.50. The van der Waals surface area contributed by atoms with Crippen LogP contribution in [-0.4, -0.2) is 22.1 Å². The van der Waals surface area contributed by atoms with Gasteiger partial charge < -0.3 is 10.4 Å². The number of halogens is 1. The van der Waals surface area contributed by atoms with E-state index >= 15 is 0 Å². The molecule has 0 bridgehead atoms. The van der Waals surface area contributed by atoms with E-state index < -0.39 is 5.97 Å².